The highest BCUT2D eigenvalue weighted by Crippen LogP contribution is 2.38. The second-order valence-corrected chi connectivity index (χ2v) is 5.79. The largest absolute Gasteiger partial charge is 0.416 e. The summed E-state index contributed by atoms with van der Waals surface area (Å²) in [5.74, 6) is -0.985. The molecule has 0 aliphatic carbocycles. The molecule has 0 heterocycles. The molecule has 1 aromatic rings. The Morgan fingerprint density at radius 1 is 1.24 bits per heavy atom. The number of nitrogens with two attached hydrogens (primary N) is 1. The smallest absolute Gasteiger partial charge is 0.391 e. The van der Waals surface area contributed by atoms with Crippen LogP contribution in [0.5, 0.6) is 0 Å². The fraction of sp³-hybridized carbons (Fsp3) is 0.571. The molecule has 2 nitrogen and oxygen atoms in total. The third-order valence-corrected chi connectivity index (χ3v) is 3.52. The van der Waals surface area contributed by atoms with Gasteiger partial charge in [0.15, 0.2) is 0 Å². The Bertz CT molecular complexity index is 491. The summed E-state index contributed by atoms with van der Waals surface area (Å²) in [5.41, 5.74) is 3.65. The fourth-order valence-corrected chi connectivity index (χ4v) is 2.18. The summed E-state index contributed by atoms with van der Waals surface area (Å²) in [4.78, 5) is 0. The minimum absolute atomic E-state index is 0.183. The van der Waals surface area contributed by atoms with Gasteiger partial charge in [0.2, 0.25) is 0 Å². The number of aliphatic hydroxyl groups is 1. The maximum absolute atomic E-state index is 14.0. The summed E-state index contributed by atoms with van der Waals surface area (Å²) in [5, 5.41) is 9.47. The van der Waals surface area contributed by atoms with Crippen LogP contribution in [0.4, 0.5) is 17.6 Å². The predicted molar refractivity (Wildman–Crippen MR) is 73.4 cm³/mol. The lowest BCUT2D eigenvalue weighted by Gasteiger charge is -2.24. The quantitative estimate of drug-likeness (QED) is 0.792. The number of rotatable bonds is 5. The maximum Gasteiger partial charge on any atom is 0.416 e. The Morgan fingerprint density at radius 3 is 2.29 bits per heavy atom. The van der Waals surface area contributed by atoms with E-state index in [0.29, 0.717) is 12.5 Å². The molecule has 0 saturated heterocycles. The Balaban J connectivity index is 3.18. The van der Waals surface area contributed by atoms with Crippen molar-refractivity contribution in [3.8, 4) is 0 Å². The van der Waals surface area contributed by atoms with E-state index in [9.17, 15) is 22.7 Å². The van der Waals surface area contributed by atoms with E-state index in [4.69, 9.17) is 17.3 Å². The average molecular weight is 328 g/mol. The van der Waals surface area contributed by atoms with E-state index >= 15 is 0 Å². The Hall–Kier alpha value is -0.850. The molecule has 0 fully saturated rings. The second-order valence-electron chi connectivity index (χ2n) is 5.38. The minimum atomic E-state index is -4.77. The van der Waals surface area contributed by atoms with Crippen molar-refractivity contribution in [3.63, 3.8) is 0 Å². The van der Waals surface area contributed by atoms with Crippen LogP contribution in [0.15, 0.2) is 12.1 Å². The summed E-state index contributed by atoms with van der Waals surface area (Å²) in [6.45, 7) is 3.80. The van der Waals surface area contributed by atoms with Crippen molar-refractivity contribution in [1.29, 1.82) is 0 Å². The number of aliphatic hydroxyl groups excluding tert-OH is 1. The van der Waals surface area contributed by atoms with Gasteiger partial charge in [-0.05, 0) is 30.9 Å². The van der Waals surface area contributed by atoms with Crippen molar-refractivity contribution in [1.82, 2.24) is 0 Å². The van der Waals surface area contributed by atoms with Gasteiger partial charge in [0.25, 0.3) is 0 Å². The number of benzene rings is 1. The van der Waals surface area contributed by atoms with Gasteiger partial charge in [0.05, 0.1) is 22.7 Å². The van der Waals surface area contributed by atoms with Crippen LogP contribution in [0, 0.1) is 11.7 Å². The van der Waals surface area contributed by atoms with E-state index in [0.717, 1.165) is 6.07 Å². The molecular weight excluding hydrogens is 310 g/mol. The normalized spacial score (nSPS) is 15.3. The average Bonchev–Trinajstić information content (AvgIpc) is 2.36. The van der Waals surface area contributed by atoms with Gasteiger partial charge in [-0.3, -0.25) is 0 Å². The SMILES string of the molecule is CC(C)CC[C@@H](O)[C@@H](N)c1c(C(F)(F)F)ccc(Cl)c1F. The molecule has 21 heavy (non-hydrogen) atoms. The lowest BCUT2D eigenvalue weighted by molar-refractivity contribution is -0.138. The highest BCUT2D eigenvalue weighted by molar-refractivity contribution is 6.30. The summed E-state index contributed by atoms with van der Waals surface area (Å²) in [6.07, 6.45) is -5.29. The van der Waals surface area contributed by atoms with E-state index in [1.54, 1.807) is 0 Å². The molecule has 0 bridgehead atoms. The van der Waals surface area contributed by atoms with Crippen molar-refractivity contribution < 1.29 is 22.7 Å². The molecule has 0 spiro atoms. The van der Waals surface area contributed by atoms with Gasteiger partial charge in [-0.25, -0.2) is 4.39 Å². The Morgan fingerprint density at radius 2 is 1.81 bits per heavy atom. The highest BCUT2D eigenvalue weighted by Gasteiger charge is 2.38. The highest BCUT2D eigenvalue weighted by atomic mass is 35.5. The van der Waals surface area contributed by atoms with Crippen LogP contribution in [0.2, 0.25) is 5.02 Å². The van der Waals surface area contributed by atoms with Gasteiger partial charge in [0.1, 0.15) is 5.82 Å². The predicted octanol–water partition coefficient (Wildman–Crippen LogP) is 4.29. The van der Waals surface area contributed by atoms with Crippen molar-refractivity contribution in [2.75, 3.05) is 0 Å². The molecular formula is C14H18ClF4NO. The first-order chi connectivity index (χ1) is 9.55. The van der Waals surface area contributed by atoms with E-state index in [-0.39, 0.29) is 12.3 Å². The molecule has 0 unspecified atom stereocenters. The van der Waals surface area contributed by atoms with Crippen molar-refractivity contribution >= 4 is 11.6 Å². The van der Waals surface area contributed by atoms with Crippen LogP contribution in [0.1, 0.15) is 43.9 Å². The van der Waals surface area contributed by atoms with Gasteiger partial charge in [-0.1, -0.05) is 25.4 Å². The molecule has 0 amide bonds. The van der Waals surface area contributed by atoms with Crippen LogP contribution in [-0.2, 0) is 6.18 Å². The zero-order chi connectivity index (χ0) is 16.4. The fourth-order valence-electron chi connectivity index (χ4n) is 2.02. The van der Waals surface area contributed by atoms with E-state index < -0.39 is 40.3 Å². The first kappa shape index (κ1) is 18.2. The van der Waals surface area contributed by atoms with Crippen LogP contribution in [0.25, 0.3) is 0 Å². The molecule has 7 heteroatoms. The molecule has 0 aliphatic rings. The number of halogens is 5. The summed E-state index contributed by atoms with van der Waals surface area (Å²) in [7, 11) is 0. The molecule has 0 radical (unpaired) electrons. The number of hydrogen-bond donors (Lipinski definition) is 2. The first-order valence-corrected chi connectivity index (χ1v) is 6.92. The summed E-state index contributed by atoms with van der Waals surface area (Å²) in [6, 6.07) is 0.0192. The summed E-state index contributed by atoms with van der Waals surface area (Å²) < 4.78 is 52.8. The van der Waals surface area contributed by atoms with Crippen LogP contribution >= 0.6 is 11.6 Å². The van der Waals surface area contributed by atoms with Crippen molar-refractivity contribution in [2.45, 2.75) is 45.0 Å². The monoisotopic (exact) mass is 327 g/mol. The van der Waals surface area contributed by atoms with Gasteiger partial charge in [-0.2, -0.15) is 13.2 Å². The third kappa shape index (κ3) is 4.56. The van der Waals surface area contributed by atoms with Crippen molar-refractivity contribution in [3.05, 3.63) is 34.1 Å². The zero-order valence-corrected chi connectivity index (χ0v) is 12.5. The Labute approximate surface area is 125 Å². The molecule has 0 aromatic heterocycles. The zero-order valence-electron chi connectivity index (χ0n) is 11.7. The second kappa shape index (κ2) is 6.94. The maximum atomic E-state index is 14.0. The van der Waals surface area contributed by atoms with Gasteiger partial charge in [0, 0.05) is 5.56 Å². The molecule has 2 atom stereocenters. The van der Waals surface area contributed by atoms with Gasteiger partial charge in [-0.15, -0.1) is 0 Å². The standard InChI is InChI=1S/C14H18ClF4NO/c1-7(2)3-6-10(21)13(20)11-8(14(17,18)19)4-5-9(15)12(11)16/h4-5,7,10,13,21H,3,6,20H2,1-2H3/t10-,13-/m1/s1. The molecule has 0 aliphatic heterocycles. The topological polar surface area (TPSA) is 46.2 Å². The third-order valence-electron chi connectivity index (χ3n) is 3.23. The lowest BCUT2D eigenvalue weighted by Crippen LogP contribution is -2.30. The Kier molecular flexibility index (Phi) is 6.01. The van der Waals surface area contributed by atoms with Crippen molar-refractivity contribution in [2.24, 2.45) is 11.7 Å². The van der Waals surface area contributed by atoms with Crippen LogP contribution in [0.3, 0.4) is 0 Å². The van der Waals surface area contributed by atoms with Crippen LogP contribution in [-0.4, -0.2) is 11.2 Å². The molecule has 120 valence electrons. The molecule has 3 N–H and O–H groups in total. The number of hydrogen-bond acceptors (Lipinski definition) is 2. The van der Waals surface area contributed by atoms with E-state index in [2.05, 4.69) is 0 Å². The minimum Gasteiger partial charge on any atom is -0.391 e. The molecule has 1 aromatic carbocycles. The number of alkyl halides is 3. The van der Waals surface area contributed by atoms with Gasteiger partial charge < -0.3 is 10.8 Å². The first-order valence-electron chi connectivity index (χ1n) is 6.54. The van der Waals surface area contributed by atoms with Crippen LogP contribution < -0.4 is 5.73 Å². The van der Waals surface area contributed by atoms with E-state index in [1.807, 2.05) is 13.8 Å². The van der Waals surface area contributed by atoms with E-state index in [1.165, 1.54) is 0 Å². The lowest BCUT2D eigenvalue weighted by atomic mass is 9.92. The summed E-state index contributed by atoms with van der Waals surface area (Å²) >= 11 is 5.53. The molecule has 0 saturated carbocycles. The van der Waals surface area contributed by atoms with Gasteiger partial charge >= 0.3 is 6.18 Å². The molecule has 1 rings (SSSR count).